The standard InChI is InChI=1S/C16H25N4O5P.C4H10/c1-3-5-8-18-12-17-14-13(18)15(21)20(10-7-11-25-26(23)24)16(22)19(14)9-6-4-2;1-3-4-2/h12H,3-11H2,1-2H3;3-4H2,1-2H3/p+1. The van der Waals surface area contributed by atoms with Gasteiger partial charge in [0.15, 0.2) is 11.2 Å². The molecule has 2 rings (SSSR count). The molecule has 2 heterocycles. The van der Waals surface area contributed by atoms with Gasteiger partial charge in [0.05, 0.1) is 6.33 Å². The fourth-order valence-corrected chi connectivity index (χ4v) is 3.10. The first-order valence-electron chi connectivity index (χ1n) is 10.9. The number of aromatic nitrogens is 4. The van der Waals surface area contributed by atoms with Crippen LogP contribution < -0.4 is 11.2 Å². The summed E-state index contributed by atoms with van der Waals surface area (Å²) < 4.78 is 19.7. The highest BCUT2D eigenvalue weighted by atomic mass is 31.1. The summed E-state index contributed by atoms with van der Waals surface area (Å²) in [7, 11) is -2.68. The summed E-state index contributed by atoms with van der Waals surface area (Å²) >= 11 is 0. The van der Waals surface area contributed by atoms with Gasteiger partial charge in [-0.25, -0.2) is 9.78 Å². The molecule has 0 amide bonds. The van der Waals surface area contributed by atoms with Crippen LogP contribution in [0.2, 0.25) is 0 Å². The number of rotatable bonds is 12. The normalized spacial score (nSPS) is 11.4. The maximum absolute atomic E-state index is 12.9. The predicted molar refractivity (Wildman–Crippen MR) is 119 cm³/mol. The Labute approximate surface area is 178 Å². The Bertz CT molecular complexity index is 901. The van der Waals surface area contributed by atoms with Crippen molar-refractivity contribution in [1.29, 1.82) is 0 Å². The molecule has 1 atom stereocenters. The molecule has 10 heteroatoms. The summed E-state index contributed by atoms with van der Waals surface area (Å²) in [6.45, 7) is 9.76. The van der Waals surface area contributed by atoms with Crippen LogP contribution in [0.3, 0.4) is 0 Å². The van der Waals surface area contributed by atoms with Gasteiger partial charge in [-0.05, 0) is 19.3 Å². The van der Waals surface area contributed by atoms with Crippen molar-refractivity contribution in [2.75, 3.05) is 6.61 Å². The van der Waals surface area contributed by atoms with E-state index in [9.17, 15) is 14.2 Å². The third-order valence-electron chi connectivity index (χ3n) is 4.70. The second kappa shape index (κ2) is 14.2. The van der Waals surface area contributed by atoms with E-state index in [0.717, 1.165) is 25.7 Å². The molecule has 0 saturated carbocycles. The Kier molecular flexibility index (Phi) is 12.4. The summed E-state index contributed by atoms with van der Waals surface area (Å²) in [5.41, 5.74) is 0.0867. The number of unbranched alkanes of at least 4 members (excludes halogenated alkanes) is 3. The quantitative estimate of drug-likeness (QED) is 0.395. The van der Waals surface area contributed by atoms with E-state index in [1.54, 1.807) is 15.5 Å². The van der Waals surface area contributed by atoms with E-state index < -0.39 is 13.9 Å². The van der Waals surface area contributed by atoms with Crippen molar-refractivity contribution in [3.8, 4) is 0 Å². The van der Waals surface area contributed by atoms with Crippen molar-refractivity contribution in [2.45, 2.75) is 92.3 Å². The molecule has 0 aliphatic heterocycles. The van der Waals surface area contributed by atoms with E-state index in [1.807, 2.05) is 6.92 Å². The van der Waals surface area contributed by atoms with Crippen LogP contribution in [-0.4, -0.2) is 30.2 Å². The molecular weight excluding hydrogens is 407 g/mol. The molecule has 0 fully saturated rings. The smallest absolute Gasteiger partial charge is 0.325 e. The first kappa shape index (κ1) is 26.2. The molecule has 170 valence electrons. The Morgan fingerprint density at radius 2 is 1.53 bits per heavy atom. The lowest BCUT2D eigenvalue weighted by Gasteiger charge is -2.12. The van der Waals surface area contributed by atoms with E-state index in [1.165, 1.54) is 17.4 Å². The van der Waals surface area contributed by atoms with Crippen molar-refractivity contribution in [3.05, 3.63) is 27.2 Å². The average Bonchev–Trinajstić information content (AvgIpc) is 3.15. The van der Waals surface area contributed by atoms with Crippen LogP contribution in [-0.2, 0) is 28.7 Å². The monoisotopic (exact) mass is 443 g/mol. The van der Waals surface area contributed by atoms with Gasteiger partial charge in [0, 0.05) is 24.2 Å². The highest BCUT2D eigenvalue weighted by molar-refractivity contribution is 7.32. The molecule has 1 unspecified atom stereocenters. The van der Waals surface area contributed by atoms with Crippen LogP contribution in [0.4, 0.5) is 0 Å². The number of aryl methyl sites for hydroxylation is 2. The number of fused-ring (bicyclic) bond motifs is 1. The number of hydrogen-bond donors (Lipinski definition) is 1. The molecular formula is C20H36N4O5P+. The maximum Gasteiger partial charge on any atom is 0.694 e. The van der Waals surface area contributed by atoms with Crippen LogP contribution in [0.25, 0.3) is 11.2 Å². The zero-order chi connectivity index (χ0) is 22.5. The van der Waals surface area contributed by atoms with Gasteiger partial charge in [0.2, 0.25) is 0 Å². The largest absolute Gasteiger partial charge is 0.694 e. The molecule has 0 aliphatic rings. The molecule has 2 aromatic heterocycles. The Hall–Kier alpha value is -1.83. The highest BCUT2D eigenvalue weighted by Crippen LogP contribution is 2.14. The fraction of sp³-hybridized carbons (Fsp3) is 0.750. The zero-order valence-electron chi connectivity index (χ0n) is 18.7. The first-order chi connectivity index (χ1) is 14.4. The zero-order valence-corrected chi connectivity index (χ0v) is 19.6. The van der Waals surface area contributed by atoms with Crippen LogP contribution in [0.5, 0.6) is 0 Å². The molecule has 2 aromatic rings. The van der Waals surface area contributed by atoms with Gasteiger partial charge in [-0.1, -0.05) is 53.4 Å². The van der Waals surface area contributed by atoms with Gasteiger partial charge in [-0.2, -0.15) is 0 Å². The highest BCUT2D eigenvalue weighted by Gasteiger charge is 2.18. The summed E-state index contributed by atoms with van der Waals surface area (Å²) in [4.78, 5) is 38.7. The molecule has 0 saturated heterocycles. The van der Waals surface area contributed by atoms with Gasteiger partial charge in [-0.3, -0.25) is 13.9 Å². The maximum atomic E-state index is 12.9. The van der Waals surface area contributed by atoms with Gasteiger partial charge in [0.25, 0.3) is 5.56 Å². The molecule has 0 spiro atoms. The van der Waals surface area contributed by atoms with Gasteiger partial charge in [-0.15, -0.1) is 9.42 Å². The lowest BCUT2D eigenvalue weighted by atomic mass is 10.3. The summed E-state index contributed by atoms with van der Waals surface area (Å²) in [5.74, 6) is 0. The molecule has 30 heavy (non-hydrogen) atoms. The number of imidazole rings is 1. The van der Waals surface area contributed by atoms with Crippen LogP contribution in [0, 0.1) is 0 Å². The van der Waals surface area contributed by atoms with Crippen molar-refractivity contribution < 1.29 is 14.0 Å². The van der Waals surface area contributed by atoms with Gasteiger partial charge in [0.1, 0.15) is 6.61 Å². The molecule has 0 radical (unpaired) electrons. The average molecular weight is 444 g/mol. The van der Waals surface area contributed by atoms with E-state index in [2.05, 4.69) is 30.3 Å². The van der Waals surface area contributed by atoms with Crippen molar-refractivity contribution in [2.24, 2.45) is 0 Å². The number of hydrogen-bond acceptors (Lipinski definition) is 5. The minimum Gasteiger partial charge on any atom is -0.325 e. The van der Waals surface area contributed by atoms with Crippen LogP contribution in [0.1, 0.15) is 72.6 Å². The molecule has 9 nitrogen and oxygen atoms in total. The summed E-state index contributed by atoms with van der Waals surface area (Å²) in [6, 6.07) is 0. The minimum absolute atomic E-state index is 0.000320. The topological polar surface area (TPSA) is 108 Å². The second-order valence-corrected chi connectivity index (χ2v) is 7.87. The van der Waals surface area contributed by atoms with E-state index in [-0.39, 0.29) is 18.7 Å². The Morgan fingerprint density at radius 1 is 0.933 bits per heavy atom. The van der Waals surface area contributed by atoms with Crippen LogP contribution in [0.15, 0.2) is 15.9 Å². The molecule has 1 N–H and O–H groups in total. The van der Waals surface area contributed by atoms with Crippen molar-refractivity contribution >= 4 is 19.4 Å². The third kappa shape index (κ3) is 7.45. The van der Waals surface area contributed by atoms with Gasteiger partial charge < -0.3 is 4.57 Å². The van der Waals surface area contributed by atoms with Crippen molar-refractivity contribution in [3.63, 3.8) is 0 Å². The fourth-order valence-electron chi connectivity index (χ4n) is 2.82. The van der Waals surface area contributed by atoms with E-state index in [4.69, 9.17) is 4.89 Å². The summed E-state index contributed by atoms with van der Waals surface area (Å²) in [6.07, 6.45) is 8.17. The second-order valence-electron chi connectivity index (χ2n) is 7.13. The molecule has 0 bridgehead atoms. The molecule has 0 aliphatic carbocycles. The van der Waals surface area contributed by atoms with Crippen molar-refractivity contribution in [1.82, 2.24) is 18.7 Å². The minimum atomic E-state index is -2.68. The van der Waals surface area contributed by atoms with E-state index >= 15 is 0 Å². The lowest BCUT2D eigenvalue weighted by Crippen LogP contribution is -2.41. The Balaban J connectivity index is 0.00000103. The first-order valence-corrected chi connectivity index (χ1v) is 12.0. The summed E-state index contributed by atoms with van der Waals surface area (Å²) in [5, 5.41) is 0. The van der Waals surface area contributed by atoms with Crippen LogP contribution >= 0.6 is 8.25 Å². The Morgan fingerprint density at radius 3 is 2.10 bits per heavy atom. The number of nitrogens with zero attached hydrogens (tertiary/aromatic N) is 4. The lowest BCUT2D eigenvalue weighted by molar-refractivity contribution is 0.270. The van der Waals surface area contributed by atoms with Gasteiger partial charge >= 0.3 is 13.9 Å². The predicted octanol–water partition coefficient (Wildman–Crippen LogP) is 3.82. The SMILES string of the molecule is CCCC.CCCCn1cnc2c1c(=O)n(CCCO[P+](=O)O)c(=O)n2CCCC. The van der Waals surface area contributed by atoms with E-state index in [0.29, 0.717) is 30.7 Å². The molecule has 0 aromatic carbocycles. The third-order valence-corrected chi connectivity index (χ3v) is 5.10.